The summed E-state index contributed by atoms with van der Waals surface area (Å²) >= 11 is 4.79. The number of fused-ring (bicyclic) bond motifs is 3. The first kappa shape index (κ1) is 21.8. The van der Waals surface area contributed by atoms with Gasteiger partial charge in [-0.1, -0.05) is 58.5 Å². The largest absolute Gasteiger partial charge is 0.511 e. The van der Waals surface area contributed by atoms with Crippen molar-refractivity contribution in [2.45, 2.75) is 57.9 Å². The lowest BCUT2D eigenvalue weighted by atomic mass is 9.74. The molecule has 0 fully saturated rings. The number of aliphatic hydroxyl groups excluding tert-OH is 1. The van der Waals surface area contributed by atoms with E-state index in [1.165, 1.54) is 27.5 Å². The van der Waals surface area contributed by atoms with Gasteiger partial charge in [-0.15, -0.1) is 12.6 Å². The molecule has 0 saturated heterocycles. The Morgan fingerprint density at radius 3 is 2.45 bits per heavy atom. The van der Waals surface area contributed by atoms with Gasteiger partial charge in [0.25, 0.3) is 0 Å². The third kappa shape index (κ3) is 4.06. The van der Waals surface area contributed by atoms with Crippen molar-refractivity contribution in [3.8, 4) is 0 Å². The number of ether oxygens (including phenoxy) is 1. The van der Waals surface area contributed by atoms with Crippen LogP contribution in [0.25, 0.3) is 16.5 Å². The molecule has 2 aromatic carbocycles. The minimum Gasteiger partial charge on any atom is -0.511 e. The van der Waals surface area contributed by atoms with Gasteiger partial charge in [-0.25, -0.2) is 0 Å². The summed E-state index contributed by atoms with van der Waals surface area (Å²) in [6.07, 6.45) is 1.61. The summed E-state index contributed by atoms with van der Waals surface area (Å²) < 4.78 is 5.41. The van der Waals surface area contributed by atoms with Gasteiger partial charge in [0.2, 0.25) is 0 Å². The van der Waals surface area contributed by atoms with Crippen molar-refractivity contribution in [2.75, 3.05) is 13.7 Å². The SMILES string of the molecule is C=C(O)C1N/C(=C(/S)CC)c2cc(C(C)(C)C)c3ccccc3c2C1CCOC. The van der Waals surface area contributed by atoms with Crippen LogP contribution in [0.4, 0.5) is 0 Å². The smallest absolute Gasteiger partial charge is 0.108 e. The van der Waals surface area contributed by atoms with Gasteiger partial charge >= 0.3 is 0 Å². The first-order valence-electron chi connectivity index (χ1n) is 10.3. The van der Waals surface area contributed by atoms with Gasteiger partial charge in [-0.05, 0) is 46.2 Å². The first-order chi connectivity index (χ1) is 13.7. The second-order valence-corrected chi connectivity index (χ2v) is 9.40. The molecule has 4 heteroatoms. The molecule has 1 aliphatic rings. The third-order valence-electron chi connectivity index (χ3n) is 5.85. The summed E-state index contributed by atoms with van der Waals surface area (Å²) in [5.41, 5.74) is 4.74. The quantitative estimate of drug-likeness (QED) is 0.399. The first-order valence-corrected chi connectivity index (χ1v) is 10.8. The fourth-order valence-electron chi connectivity index (χ4n) is 4.41. The molecule has 3 nitrogen and oxygen atoms in total. The van der Waals surface area contributed by atoms with Crippen molar-refractivity contribution in [3.63, 3.8) is 0 Å². The molecule has 3 rings (SSSR count). The molecule has 0 aromatic heterocycles. The molecule has 1 aliphatic heterocycles. The molecular formula is C25H33NO2S. The number of methoxy groups -OCH3 is 1. The van der Waals surface area contributed by atoms with E-state index in [2.05, 4.69) is 69.9 Å². The highest BCUT2D eigenvalue weighted by atomic mass is 32.1. The minimum atomic E-state index is -0.273. The van der Waals surface area contributed by atoms with E-state index < -0.39 is 0 Å². The lowest BCUT2D eigenvalue weighted by Gasteiger charge is -2.39. The zero-order chi connectivity index (χ0) is 21.3. The van der Waals surface area contributed by atoms with Crippen molar-refractivity contribution in [3.05, 3.63) is 64.3 Å². The van der Waals surface area contributed by atoms with Gasteiger partial charge in [0.05, 0.1) is 11.7 Å². The second kappa shape index (κ2) is 8.45. The van der Waals surface area contributed by atoms with Crippen molar-refractivity contribution < 1.29 is 9.84 Å². The van der Waals surface area contributed by atoms with Crippen LogP contribution in [0.15, 0.2) is 47.6 Å². The molecule has 156 valence electrons. The van der Waals surface area contributed by atoms with E-state index in [1.807, 2.05) is 0 Å². The highest BCUT2D eigenvalue weighted by Gasteiger charge is 2.36. The number of thiol groups is 1. The van der Waals surface area contributed by atoms with Gasteiger partial charge in [-0.2, -0.15) is 0 Å². The Hall–Kier alpha value is -1.91. The summed E-state index contributed by atoms with van der Waals surface area (Å²) in [7, 11) is 1.72. The molecule has 0 spiro atoms. The predicted molar refractivity (Wildman–Crippen MR) is 127 cm³/mol. The molecule has 1 heterocycles. The van der Waals surface area contributed by atoms with Crippen LogP contribution >= 0.6 is 12.6 Å². The number of aliphatic hydroxyl groups is 1. The van der Waals surface area contributed by atoms with Gasteiger partial charge in [0.15, 0.2) is 0 Å². The molecule has 0 aliphatic carbocycles. The maximum Gasteiger partial charge on any atom is 0.108 e. The number of hydrogen-bond acceptors (Lipinski definition) is 4. The van der Waals surface area contributed by atoms with Gasteiger partial charge in [0.1, 0.15) is 5.76 Å². The van der Waals surface area contributed by atoms with Crippen molar-refractivity contribution in [1.82, 2.24) is 5.32 Å². The highest BCUT2D eigenvalue weighted by Crippen LogP contribution is 2.45. The molecule has 2 aromatic rings. The zero-order valence-electron chi connectivity index (χ0n) is 18.2. The third-order valence-corrected chi connectivity index (χ3v) is 6.39. The van der Waals surface area contributed by atoms with Gasteiger partial charge in [-0.3, -0.25) is 0 Å². The topological polar surface area (TPSA) is 41.5 Å². The fraction of sp³-hybridized carbons (Fsp3) is 0.440. The Morgan fingerprint density at radius 2 is 1.90 bits per heavy atom. The molecule has 2 N–H and O–H groups in total. The van der Waals surface area contributed by atoms with E-state index in [1.54, 1.807) is 7.11 Å². The number of hydrogen-bond donors (Lipinski definition) is 3. The summed E-state index contributed by atoms with van der Waals surface area (Å²) in [6.45, 7) is 13.3. The monoisotopic (exact) mass is 411 g/mol. The summed E-state index contributed by atoms with van der Waals surface area (Å²) in [5.74, 6) is 0.207. The van der Waals surface area contributed by atoms with E-state index in [4.69, 9.17) is 17.4 Å². The average molecular weight is 412 g/mol. The standard InChI is InChI=1S/C25H33NO2S/c1-7-21(29)24-19-14-20(25(3,4)5)16-10-8-9-11-17(16)22(19)18(12-13-28-6)23(26-24)15(2)27/h8-11,14,18,23,26-27,29H,2,7,12-13H2,1,3-6H3/b24-21+. The zero-order valence-corrected chi connectivity index (χ0v) is 19.1. The summed E-state index contributed by atoms with van der Waals surface area (Å²) in [6, 6.07) is 10.7. The Morgan fingerprint density at radius 1 is 1.24 bits per heavy atom. The molecule has 0 bridgehead atoms. The highest BCUT2D eigenvalue weighted by molar-refractivity contribution is 7.84. The van der Waals surface area contributed by atoms with Crippen LogP contribution in [-0.2, 0) is 10.2 Å². The number of nitrogens with one attached hydrogen (secondary N) is 1. The predicted octanol–water partition coefficient (Wildman–Crippen LogP) is 6.31. The van der Waals surface area contributed by atoms with Crippen LogP contribution in [0.5, 0.6) is 0 Å². The second-order valence-electron chi connectivity index (χ2n) is 8.86. The molecule has 0 amide bonds. The van der Waals surface area contributed by atoms with Gasteiger partial charge in [0, 0.05) is 30.1 Å². The lowest BCUT2D eigenvalue weighted by molar-refractivity contribution is 0.179. The minimum absolute atomic E-state index is 0.00215. The Kier molecular flexibility index (Phi) is 6.35. The number of allylic oxidation sites excluding steroid dienone is 1. The van der Waals surface area contributed by atoms with Crippen LogP contribution in [-0.4, -0.2) is 24.9 Å². The van der Waals surface area contributed by atoms with Crippen LogP contribution in [0, 0.1) is 0 Å². The van der Waals surface area contributed by atoms with Crippen LogP contribution in [0.2, 0.25) is 0 Å². The normalized spacial score (nSPS) is 20.9. The molecule has 2 atom stereocenters. The molecule has 0 radical (unpaired) electrons. The number of rotatable bonds is 5. The average Bonchev–Trinajstić information content (AvgIpc) is 2.69. The maximum absolute atomic E-state index is 10.5. The Labute approximate surface area is 180 Å². The lowest BCUT2D eigenvalue weighted by Crippen LogP contribution is -2.41. The van der Waals surface area contributed by atoms with Crippen molar-refractivity contribution in [2.24, 2.45) is 0 Å². The van der Waals surface area contributed by atoms with Crippen molar-refractivity contribution >= 4 is 29.1 Å². The van der Waals surface area contributed by atoms with E-state index >= 15 is 0 Å². The number of benzene rings is 2. The van der Waals surface area contributed by atoms with E-state index in [0.717, 1.165) is 23.4 Å². The molecule has 2 unspecified atom stereocenters. The van der Waals surface area contributed by atoms with E-state index in [9.17, 15) is 5.11 Å². The van der Waals surface area contributed by atoms with E-state index in [0.29, 0.717) is 6.61 Å². The van der Waals surface area contributed by atoms with Crippen LogP contribution < -0.4 is 5.32 Å². The molecule has 0 saturated carbocycles. The fourth-order valence-corrected chi connectivity index (χ4v) is 4.60. The molecule has 29 heavy (non-hydrogen) atoms. The van der Waals surface area contributed by atoms with Crippen LogP contribution in [0.3, 0.4) is 0 Å². The maximum atomic E-state index is 10.5. The summed E-state index contributed by atoms with van der Waals surface area (Å²) in [5, 5.41) is 16.5. The molecular weight excluding hydrogens is 378 g/mol. The van der Waals surface area contributed by atoms with Crippen molar-refractivity contribution in [1.29, 1.82) is 0 Å². The summed E-state index contributed by atoms with van der Waals surface area (Å²) in [4.78, 5) is 0.984. The van der Waals surface area contributed by atoms with Gasteiger partial charge < -0.3 is 15.2 Å². The van der Waals surface area contributed by atoms with E-state index in [-0.39, 0.29) is 23.1 Å². The Bertz CT molecular complexity index is 955. The Balaban J connectivity index is 2.43. The van der Waals surface area contributed by atoms with Crippen LogP contribution in [0.1, 0.15) is 63.1 Å².